The molecule has 0 fully saturated rings. The Labute approximate surface area is 100 Å². The number of hydrogen-bond acceptors (Lipinski definition) is 6. The molecule has 1 unspecified atom stereocenters. The van der Waals surface area contributed by atoms with E-state index in [1.54, 1.807) is 6.07 Å². The average Bonchev–Trinajstić information content (AvgIpc) is 2.77. The van der Waals surface area contributed by atoms with Gasteiger partial charge in [-0.3, -0.25) is 4.21 Å². The third-order valence-electron chi connectivity index (χ3n) is 2.02. The first-order chi connectivity index (χ1) is 8.11. The fourth-order valence-electron chi connectivity index (χ4n) is 1.29. The second kappa shape index (κ2) is 4.58. The molecule has 0 N–H and O–H groups in total. The molecule has 2 heterocycles. The van der Waals surface area contributed by atoms with Gasteiger partial charge < -0.3 is 4.74 Å². The molecule has 0 amide bonds. The van der Waals surface area contributed by atoms with Crippen molar-refractivity contribution in [3.63, 3.8) is 0 Å². The molecule has 1 atom stereocenters. The largest absolute Gasteiger partial charge is 0.481 e. The van der Waals surface area contributed by atoms with Crippen molar-refractivity contribution in [1.82, 2.24) is 24.7 Å². The van der Waals surface area contributed by atoms with Gasteiger partial charge in [-0.25, -0.2) is 9.55 Å². The molecule has 2 aromatic heterocycles. The van der Waals surface area contributed by atoms with Gasteiger partial charge in [0, 0.05) is 18.0 Å². The van der Waals surface area contributed by atoms with Crippen molar-refractivity contribution in [3.8, 4) is 11.8 Å². The van der Waals surface area contributed by atoms with Crippen LogP contribution in [0.5, 0.6) is 5.88 Å². The molecule has 0 bridgehead atoms. The van der Waals surface area contributed by atoms with Crippen molar-refractivity contribution in [2.45, 2.75) is 12.1 Å². The Morgan fingerprint density at radius 1 is 1.41 bits per heavy atom. The molecular formula is C9H11N5O2S. The zero-order valence-electron chi connectivity index (χ0n) is 9.62. The fourth-order valence-corrected chi connectivity index (χ4v) is 1.86. The first-order valence-electron chi connectivity index (χ1n) is 4.75. The molecule has 17 heavy (non-hydrogen) atoms. The van der Waals surface area contributed by atoms with E-state index in [-0.39, 0.29) is 0 Å². The summed E-state index contributed by atoms with van der Waals surface area (Å²) in [6.07, 6.45) is 2.94. The van der Waals surface area contributed by atoms with E-state index in [9.17, 15) is 4.21 Å². The smallest absolute Gasteiger partial charge is 0.240 e. The maximum absolute atomic E-state index is 11.4. The molecule has 0 saturated carbocycles. The third kappa shape index (κ3) is 2.31. The van der Waals surface area contributed by atoms with Crippen LogP contribution in [-0.4, -0.2) is 42.3 Å². The summed E-state index contributed by atoms with van der Waals surface area (Å²) in [5.74, 6) is 0.783. The summed E-state index contributed by atoms with van der Waals surface area (Å²) >= 11 is 0. The van der Waals surface area contributed by atoms with Gasteiger partial charge in [-0.2, -0.15) is 4.98 Å². The standard InChI is InChI=1S/C9H11N5O2S/c1-6-4-7(16-2)12-8(11-6)14-5-10-13-9(14)17(3)15/h4-5H,1-3H3. The molecule has 0 aliphatic carbocycles. The van der Waals surface area contributed by atoms with Crippen molar-refractivity contribution in [2.24, 2.45) is 0 Å². The van der Waals surface area contributed by atoms with Gasteiger partial charge in [0.2, 0.25) is 17.0 Å². The minimum absolute atomic E-state index is 0.303. The Hall–Kier alpha value is -1.83. The lowest BCUT2D eigenvalue weighted by molar-refractivity contribution is 0.395. The number of aryl methyl sites for hydroxylation is 1. The van der Waals surface area contributed by atoms with Gasteiger partial charge in [0.15, 0.2) is 0 Å². The van der Waals surface area contributed by atoms with Crippen LogP contribution < -0.4 is 4.74 Å². The lowest BCUT2D eigenvalue weighted by Crippen LogP contribution is -2.07. The number of rotatable bonds is 3. The first kappa shape index (κ1) is 11.6. The molecule has 0 radical (unpaired) electrons. The molecular weight excluding hydrogens is 242 g/mol. The highest BCUT2D eigenvalue weighted by molar-refractivity contribution is 7.84. The predicted molar refractivity (Wildman–Crippen MR) is 60.6 cm³/mol. The monoisotopic (exact) mass is 253 g/mol. The van der Waals surface area contributed by atoms with E-state index in [4.69, 9.17) is 4.74 Å². The van der Waals surface area contributed by atoms with Crippen LogP contribution in [0.3, 0.4) is 0 Å². The van der Waals surface area contributed by atoms with Gasteiger partial charge in [-0.15, -0.1) is 10.2 Å². The SMILES string of the molecule is COc1cc(C)nc(-n2cnnc2S(C)=O)n1. The van der Waals surface area contributed by atoms with Crippen LogP contribution in [0.4, 0.5) is 0 Å². The second-order valence-electron chi connectivity index (χ2n) is 3.29. The molecule has 7 nitrogen and oxygen atoms in total. The summed E-state index contributed by atoms with van der Waals surface area (Å²) in [6, 6.07) is 1.70. The number of ether oxygens (including phenoxy) is 1. The highest BCUT2D eigenvalue weighted by atomic mass is 32.2. The van der Waals surface area contributed by atoms with Gasteiger partial charge in [0.25, 0.3) is 0 Å². The van der Waals surface area contributed by atoms with Gasteiger partial charge in [0.1, 0.15) is 6.33 Å². The van der Waals surface area contributed by atoms with Gasteiger partial charge in [-0.1, -0.05) is 0 Å². The van der Waals surface area contributed by atoms with Gasteiger partial charge in [0.05, 0.1) is 17.9 Å². The topological polar surface area (TPSA) is 82.8 Å². The van der Waals surface area contributed by atoms with Crippen LogP contribution in [0.2, 0.25) is 0 Å². The van der Waals surface area contributed by atoms with Crippen LogP contribution in [0, 0.1) is 6.92 Å². The van der Waals surface area contributed by atoms with E-state index in [1.165, 1.54) is 24.3 Å². The van der Waals surface area contributed by atoms with Crippen molar-refractivity contribution in [2.75, 3.05) is 13.4 Å². The van der Waals surface area contributed by atoms with Crippen molar-refractivity contribution in [1.29, 1.82) is 0 Å². The molecule has 0 saturated heterocycles. The van der Waals surface area contributed by atoms with Gasteiger partial charge in [-0.05, 0) is 6.92 Å². The molecule has 2 rings (SSSR count). The maximum atomic E-state index is 11.4. The number of nitrogens with zero attached hydrogens (tertiary/aromatic N) is 5. The third-order valence-corrected chi connectivity index (χ3v) is 2.81. The zero-order chi connectivity index (χ0) is 12.4. The molecule has 2 aromatic rings. The second-order valence-corrected chi connectivity index (χ2v) is 4.56. The highest BCUT2D eigenvalue weighted by Crippen LogP contribution is 2.13. The van der Waals surface area contributed by atoms with E-state index >= 15 is 0 Å². The summed E-state index contributed by atoms with van der Waals surface area (Å²) in [6.45, 7) is 1.82. The minimum Gasteiger partial charge on any atom is -0.481 e. The van der Waals surface area contributed by atoms with Crippen LogP contribution >= 0.6 is 0 Å². The minimum atomic E-state index is -1.26. The van der Waals surface area contributed by atoms with Gasteiger partial charge >= 0.3 is 0 Å². The van der Waals surface area contributed by atoms with Crippen molar-refractivity contribution < 1.29 is 8.95 Å². The summed E-state index contributed by atoms with van der Waals surface area (Å²) in [4.78, 5) is 8.38. The van der Waals surface area contributed by atoms with Crippen molar-refractivity contribution >= 4 is 10.8 Å². The number of hydrogen-bond donors (Lipinski definition) is 0. The van der Waals surface area contributed by atoms with Crippen LogP contribution in [0.15, 0.2) is 17.6 Å². The number of aromatic nitrogens is 5. The van der Waals surface area contributed by atoms with E-state index in [1.807, 2.05) is 6.92 Å². The van der Waals surface area contributed by atoms with Crippen molar-refractivity contribution in [3.05, 3.63) is 18.1 Å². The molecule has 0 aliphatic heterocycles. The Balaban J connectivity index is 2.56. The highest BCUT2D eigenvalue weighted by Gasteiger charge is 2.13. The molecule has 0 spiro atoms. The molecule has 90 valence electrons. The normalized spacial score (nSPS) is 12.4. The Kier molecular flexibility index (Phi) is 3.14. The quantitative estimate of drug-likeness (QED) is 0.772. The molecule has 0 aliphatic rings. The fraction of sp³-hybridized carbons (Fsp3) is 0.333. The lowest BCUT2D eigenvalue weighted by Gasteiger charge is -2.06. The maximum Gasteiger partial charge on any atom is 0.240 e. The summed E-state index contributed by atoms with van der Waals surface area (Å²) in [5.41, 5.74) is 0.744. The predicted octanol–water partition coefficient (Wildman–Crippen LogP) is 0.112. The summed E-state index contributed by atoms with van der Waals surface area (Å²) in [5, 5.41) is 7.78. The molecule has 8 heteroatoms. The average molecular weight is 253 g/mol. The van der Waals surface area contributed by atoms with E-state index in [0.29, 0.717) is 17.0 Å². The van der Waals surface area contributed by atoms with E-state index in [2.05, 4.69) is 20.2 Å². The van der Waals surface area contributed by atoms with E-state index in [0.717, 1.165) is 5.69 Å². The Morgan fingerprint density at radius 2 is 2.18 bits per heavy atom. The lowest BCUT2D eigenvalue weighted by atomic mass is 10.4. The Bertz CT molecular complexity index is 568. The zero-order valence-corrected chi connectivity index (χ0v) is 10.4. The number of methoxy groups -OCH3 is 1. The van der Waals surface area contributed by atoms with Crippen LogP contribution in [-0.2, 0) is 10.8 Å². The van der Waals surface area contributed by atoms with E-state index < -0.39 is 10.8 Å². The summed E-state index contributed by atoms with van der Waals surface area (Å²) in [7, 11) is 0.268. The van der Waals surface area contributed by atoms with Crippen LogP contribution in [0.1, 0.15) is 5.69 Å². The van der Waals surface area contributed by atoms with Crippen LogP contribution in [0.25, 0.3) is 5.95 Å². The summed E-state index contributed by atoms with van der Waals surface area (Å²) < 4.78 is 18.0. The Morgan fingerprint density at radius 3 is 2.82 bits per heavy atom. The first-order valence-corrected chi connectivity index (χ1v) is 6.31. The molecule has 0 aromatic carbocycles.